The monoisotopic (exact) mass is 478 g/mol. The topological polar surface area (TPSA) is 89.3 Å². The van der Waals surface area contributed by atoms with Crippen molar-refractivity contribution in [3.05, 3.63) is 94.7 Å². The van der Waals surface area contributed by atoms with Gasteiger partial charge in [0.2, 0.25) is 0 Å². The van der Waals surface area contributed by atoms with E-state index in [1.54, 1.807) is 24.5 Å². The van der Waals surface area contributed by atoms with Gasteiger partial charge in [0.25, 0.3) is 0 Å². The SMILES string of the molecule is COC(=O)c1cc2cc(CC(C)NCC(O)c3cccc(Cl)c3)ccc2n1Cc1cncnc1. The zero-order chi connectivity index (χ0) is 24.1. The second kappa shape index (κ2) is 10.8. The van der Waals surface area contributed by atoms with E-state index in [2.05, 4.69) is 34.3 Å². The number of aliphatic hydroxyl groups is 1. The van der Waals surface area contributed by atoms with Gasteiger partial charge in [-0.15, -0.1) is 0 Å². The number of halogens is 1. The Bertz CT molecular complexity index is 1280. The number of hydrogen-bond acceptors (Lipinski definition) is 6. The molecule has 0 saturated carbocycles. The van der Waals surface area contributed by atoms with E-state index in [0.29, 0.717) is 23.8 Å². The lowest BCUT2D eigenvalue weighted by Crippen LogP contribution is -2.32. The quantitative estimate of drug-likeness (QED) is 0.351. The van der Waals surface area contributed by atoms with Crippen LogP contribution in [0.15, 0.2) is 67.3 Å². The predicted octanol–water partition coefficient (Wildman–Crippen LogP) is 4.17. The minimum atomic E-state index is -0.637. The van der Waals surface area contributed by atoms with Gasteiger partial charge in [-0.1, -0.05) is 29.8 Å². The molecule has 34 heavy (non-hydrogen) atoms. The third-order valence-corrected chi connectivity index (χ3v) is 5.99. The Kier molecular flexibility index (Phi) is 7.57. The molecule has 2 atom stereocenters. The molecule has 0 aliphatic rings. The number of hydrogen-bond donors (Lipinski definition) is 2. The molecule has 176 valence electrons. The Labute approximate surface area is 203 Å². The maximum Gasteiger partial charge on any atom is 0.354 e. The molecular formula is C26H27ClN4O3. The van der Waals surface area contributed by atoms with Gasteiger partial charge in [-0.25, -0.2) is 14.8 Å². The Morgan fingerprint density at radius 2 is 1.94 bits per heavy atom. The summed E-state index contributed by atoms with van der Waals surface area (Å²) in [6.07, 6.45) is 5.08. The van der Waals surface area contributed by atoms with Crippen LogP contribution in [0.5, 0.6) is 0 Å². The number of nitrogens with zero attached hydrogens (tertiary/aromatic N) is 3. The molecule has 2 heterocycles. The van der Waals surface area contributed by atoms with Crippen LogP contribution in [0.3, 0.4) is 0 Å². The van der Waals surface area contributed by atoms with Crippen molar-refractivity contribution in [1.29, 1.82) is 0 Å². The first-order chi connectivity index (χ1) is 16.4. The Hall–Kier alpha value is -3.26. The van der Waals surface area contributed by atoms with Crippen LogP contribution in [0.25, 0.3) is 10.9 Å². The largest absolute Gasteiger partial charge is 0.464 e. The first-order valence-electron chi connectivity index (χ1n) is 11.1. The van der Waals surface area contributed by atoms with E-state index in [1.807, 2.05) is 28.8 Å². The standard InChI is InChI=1S/C26H27ClN4O3/c1-17(30-14-25(32)20-4-3-5-22(27)10-20)8-18-6-7-23-21(9-18)11-24(26(33)34-2)31(23)15-19-12-28-16-29-13-19/h3-7,9-13,16-17,25,30,32H,8,14-15H2,1-2H3. The second-order valence-electron chi connectivity index (χ2n) is 8.33. The highest BCUT2D eigenvalue weighted by Crippen LogP contribution is 2.24. The van der Waals surface area contributed by atoms with Crippen molar-refractivity contribution in [3.63, 3.8) is 0 Å². The number of nitrogens with one attached hydrogen (secondary N) is 1. The summed E-state index contributed by atoms with van der Waals surface area (Å²) in [5.74, 6) is -0.389. The minimum absolute atomic E-state index is 0.134. The first-order valence-corrected chi connectivity index (χ1v) is 11.4. The average molecular weight is 479 g/mol. The van der Waals surface area contributed by atoms with Crippen LogP contribution in [0, 0.1) is 0 Å². The highest BCUT2D eigenvalue weighted by Gasteiger charge is 2.17. The number of carbonyl (C=O) groups excluding carboxylic acids is 1. The number of benzene rings is 2. The molecule has 0 saturated heterocycles. The lowest BCUT2D eigenvalue weighted by atomic mass is 10.0. The van der Waals surface area contributed by atoms with Crippen LogP contribution in [0.4, 0.5) is 0 Å². The number of aliphatic hydroxyl groups excluding tert-OH is 1. The molecule has 0 radical (unpaired) electrons. The lowest BCUT2D eigenvalue weighted by Gasteiger charge is -2.18. The van der Waals surface area contributed by atoms with Gasteiger partial charge >= 0.3 is 5.97 Å². The van der Waals surface area contributed by atoms with Gasteiger partial charge in [0.15, 0.2) is 0 Å². The molecule has 0 bridgehead atoms. The van der Waals surface area contributed by atoms with E-state index in [1.165, 1.54) is 13.4 Å². The van der Waals surface area contributed by atoms with Crippen LogP contribution in [0.2, 0.25) is 5.02 Å². The molecule has 2 unspecified atom stereocenters. The third kappa shape index (κ3) is 5.62. The van der Waals surface area contributed by atoms with Gasteiger partial charge in [0, 0.05) is 46.5 Å². The summed E-state index contributed by atoms with van der Waals surface area (Å²) >= 11 is 6.03. The molecule has 4 aromatic rings. The number of methoxy groups -OCH3 is 1. The van der Waals surface area contributed by atoms with Crippen LogP contribution >= 0.6 is 11.6 Å². The first kappa shape index (κ1) is 23.9. The van der Waals surface area contributed by atoms with E-state index in [-0.39, 0.29) is 12.0 Å². The van der Waals surface area contributed by atoms with Gasteiger partial charge in [0.05, 0.1) is 19.8 Å². The number of fused-ring (bicyclic) bond motifs is 1. The summed E-state index contributed by atoms with van der Waals surface area (Å²) < 4.78 is 6.93. The fourth-order valence-corrected chi connectivity index (χ4v) is 4.25. The molecule has 2 aromatic carbocycles. The molecule has 0 aliphatic heterocycles. The molecule has 0 aliphatic carbocycles. The molecule has 4 rings (SSSR count). The maximum atomic E-state index is 12.4. The highest BCUT2D eigenvalue weighted by atomic mass is 35.5. The summed E-state index contributed by atoms with van der Waals surface area (Å²) in [5.41, 5.74) is 4.22. The van der Waals surface area contributed by atoms with Crippen molar-refractivity contribution in [3.8, 4) is 0 Å². The summed E-state index contributed by atoms with van der Waals surface area (Å²) in [6, 6.07) is 15.4. The molecule has 2 N–H and O–H groups in total. The van der Waals surface area contributed by atoms with Crippen molar-refractivity contribution in [2.75, 3.05) is 13.7 Å². The Morgan fingerprint density at radius 1 is 1.15 bits per heavy atom. The summed E-state index contributed by atoms with van der Waals surface area (Å²) in [7, 11) is 1.38. The van der Waals surface area contributed by atoms with Crippen molar-refractivity contribution in [2.45, 2.75) is 32.0 Å². The molecular weight excluding hydrogens is 452 g/mol. The summed E-state index contributed by atoms with van der Waals surface area (Å²) in [6.45, 7) is 2.97. The number of ether oxygens (including phenoxy) is 1. The third-order valence-electron chi connectivity index (χ3n) is 5.75. The number of rotatable bonds is 9. The van der Waals surface area contributed by atoms with Gasteiger partial charge in [-0.05, 0) is 54.8 Å². The zero-order valence-electron chi connectivity index (χ0n) is 19.1. The van der Waals surface area contributed by atoms with Gasteiger partial charge < -0.3 is 19.7 Å². The van der Waals surface area contributed by atoms with E-state index in [4.69, 9.17) is 16.3 Å². The Morgan fingerprint density at radius 3 is 2.68 bits per heavy atom. The van der Waals surface area contributed by atoms with Crippen LogP contribution in [0.1, 0.15) is 40.2 Å². The second-order valence-corrected chi connectivity index (χ2v) is 8.77. The van der Waals surface area contributed by atoms with E-state index < -0.39 is 6.10 Å². The smallest absolute Gasteiger partial charge is 0.354 e. The normalized spacial score (nSPS) is 13.1. The molecule has 8 heteroatoms. The number of aromatic nitrogens is 3. The minimum Gasteiger partial charge on any atom is -0.464 e. The molecule has 0 amide bonds. The van der Waals surface area contributed by atoms with E-state index in [9.17, 15) is 9.90 Å². The molecule has 2 aromatic heterocycles. The van der Waals surface area contributed by atoms with Gasteiger partial charge in [-0.3, -0.25) is 0 Å². The van der Waals surface area contributed by atoms with Crippen LogP contribution in [-0.2, 0) is 17.7 Å². The highest BCUT2D eigenvalue weighted by molar-refractivity contribution is 6.30. The van der Waals surface area contributed by atoms with Crippen LogP contribution in [-0.4, -0.2) is 45.3 Å². The molecule has 7 nitrogen and oxygen atoms in total. The lowest BCUT2D eigenvalue weighted by molar-refractivity contribution is 0.0589. The summed E-state index contributed by atoms with van der Waals surface area (Å²) in [5, 5.41) is 15.4. The van der Waals surface area contributed by atoms with Crippen molar-refractivity contribution in [1.82, 2.24) is 19.9 Å². The van der Waals surface area contributed by atoms with Crippen molar-refractivity contribution in [2.24, 2.45) is 0 Å². The predicted molar refractivity (Wildman–Crippen MR) is 132 cm³/mol. The molecule has 0 fully saturated rings. The van der Waals surface area contributed by atoms with E-state index >= 15 is 0 Å². The van der Waals surface area contributed by atoms with Gasteiger partial charge in [0.1, 0.15) is 12.0 Å². The van der Waals surface area contributed by atoms with Gasteiger partial charge in [-0.2, -0.15) is 0 Å². The molecule has 0 spiro atoms. The van der Waals surface area contributed by atoms with Crippen molar-refractivity contribution < 1.29 is 14.6 Å². The fourth-order valence-electron chi connectivity index (χ4n) is 4.06. The zero-order valence-corrected chi connectivity index (χ0v) is 19.9. The van der Waals surface area contributed by atoms with E-state index in [0.717, 1.165) is 34.0 Å². The summed E-state index contributed by atoms with van der Waals surface area (Å²) in [4.78, 5) is 20.6. The number of carbonyl (C=O) groups is 1. The van der Waals surface area contributed by atoms with Crippen LogP contribution < -0.4 is 5.32 Å². The number of esters is 1. The maximum absolute atomic E-state index is 12.4. The van der Waals surface area contributed by atoms with Crippen molar-refractivity contribution >= 4 is 28.5 Å². The average Bonchev–Trinajstić information content (AvgIpc) is 3.20. The fraction of sp³-hybridized carbons (Fsp3) is 0.269. The Balaban J connectivity index is 1.48.